The fourth-order valence-corrected chi connectivity index (χ4v) is 3.37. The van der Waals surface area contributed by atoms with Crippen LogP contribution in [0.25, 0.3) is 6.08 Å². The molecule has 2 aromatic carbocycles. The highest BCUT2D eigenvalue weighted by molar-refractivity contribution is 8.18. The maximum absolute atomic E-state index is 12.3. The highest BCUT2D eigenvalue weighted by Gasteiger charge is 2.24. The van der Waals surface area contributed by atoms with Gasteiger partial charge >= 0.3 is 0 Å². The van der Waals surface area contributed by atoms with Crippen molar-refractivity contribution in [3.63, 3.8) is 0 Å². The van der Waals surface area contributed by atoms with Crippen molar-refractivity contribution in [1.29, 1.82) is 5.26 Å². The zero-order valence-corrected chi connectivity index (χ0v) is 15.3. The number of rotatable bonds is 4. The van der Waals surface area contributed by atoms with E-state index in [4.69, 9.17) is 10.00 Å². The molecule has 26 heavy (non-hydrogen) atoms. The lowest BCUT2D eigenvalue weighted by Gasteiger charge is -2.05. The number of nitriles is 1. The van der Waals surface area contributed by atoms with Crippen LogP contribution in [0.5, 0.6) is 5.75 Å². The zero-order valence-electron chi connectivity index (χ0n) is 14.4. The summed E-state index contributed by atoms with van der Waals surface area (Å²) in [7, 11) is 0. The van der Waals surface area contributed by atoms with Crippen LogP contribution in [0.1, 0.15) is 16.7 Å². The first-order chi connectivity index (χ1) is 12.6. The van der Waals surface area contributed by atoms with Crippen LogP contribution in [-0.4, -0.2) is 17.7 Å². The number of benzene rings is 2. The third-order valence-corrected chi connectivity index (χ3v) is 4.71. The monoisotopic (exact) mass is 363 g/mol. The molecule has 130 valence electrons. The number of thioether (sulfide) groups is 1. The maximum Gasteiger partial charge on any atom is 0.264 e. The van der Waals surface area contributed by atoms with Crippen LogP contribution in [0.15, 0.2) is 52.4 Å². The van der Waals surface area contributed by atoms with Crippen LogP contribution in [-0.2, 0) is 4.79 Å². The molecular formula is C20H17N3O2S. The summed E-state index contributed by atoms with van der Waals surface area (Å²) in [5, 5.41) is 12.0. The van der Waals surface area contributed by atoms with Gasteiger partial charge in [-0.25, -0.2) is 4.99 Å². The third-order valence-electron chi connectivity index (χ3n) is 3.80. The number of nitrogens with zero attached hydrogens (tertiary/aromatic N) is 2. The lowest BCUT2D eigenvalue weighted by molar-refractivity contribution is -0.115. The minimum atomic E-state index is -0.199. The smallest absolute Gasteiger partial charge is 0.264 e. The predicted octanol–water partition coefficient (Wildman–Crippen LogP) is 4.10. The number of aliphatic imine (C=N–C) groups is 1. The topological polar surface area (TPSA) is 74.5 Å². The first-order valence-corrected chi connectivity index (χ1v) is 8.84. The number of ether oxygens (including phenoxy) is 1. The van der Waals surface area contributed by atoms with Gasteiger partial charge in [0.05, 0.1) is 10.6 Å². The summed E-state index contributed by atoms with van der Waals surface area (Å²) in [6.45, 7) is 3.94. The third kappa shape index (κ3) is 3.95. The van der Waals surface area contributed by atoms with Crippen molar-refractivity contribution in [3.05, 3.63) is 64.1 Å². The zero-order chi connectivity index (χ0) is 18.5. The van der Waals surface area contributed by atoms with Crippen molar-refractivity contribution in [2.24, 2.45) is 4.99 Å². The van der Waals surface area contributed by atoms with E-state index in [1.165, 1.54) is 11.8 Å². The van der Waals surface area contributed by atoms with E-state index in [9.17, 15) is 4.79 Å². The predicted molar refractivity (Wildman–Crippen MR) is 104 cm³/mol. The molecule has 0 bridgehead atoms. The minimum Gasteiger partial charge on any atom is -0.478 e. The molecule has 3 rings (SSSR count). The molecule has 0 aliphatic carbocycles. The lowest BCUT2D eigenvalue weighted by atomic mass is 10.1. The Hall–Kier alpha value is -3.04. The number of nitrogens with one attached hydrogen (secondary N) is 1. The van der Waals surface area contributed by atoms with Crippen molar-refractivity contribution >= 4 is 34.6 Å². The first-order valence-electron chi connectivity index (χ1n) is 8.03. The molecule has 0 radical (unpaired) electrons. The molecule has 1 aliphatic heterocycles. The van der Waals surface area contributed by atoms with E-state index in [1.807, 2.05) is 56.3 Å². The second-order valence-corrected chi connectivity index (χ2v) is 6.74. The molecule has 0 unspecified atom stereocenters. The van der Waals surface area contributed by atoms with Gasteiger partial charge in [0.15, 0.2) is 11.8 Å². The summed E-state index contributed by atoms with van der Waals surface area (Å²) in [4.78, 5) is 17.4. The average Bonchev–Trinajstić information content (AvgIpc) is 2.97. The van der Waals surface area contributed by atoms with Gasteiger partial charge in [-0.2, -0.15) is 5.26 Å². The second-order valence-electron chi connectivity index (χ2n) is 5.71. The molecule has 2 aromatic rings. The number of hydrogen-bond donors (Lipinski definition) is 1. The largest absolute Gasteiger partial charge is 0.478 e. The normalized spacial score (nSPS) is 16.6. The van der Waals surface area contributed by atoms with E-state index < -0.39 is 0 Å². The van der Waals surface area contributed by atoms with Gasteiger partial charge in [0, 0.05) is 5.56 Å². The van der Waals surface area contributed by atoms with Gasteiger partial charge in [0.1, 0.15) is 11.8 Å². The Morgan fingerprint density at radius 1 is 1.19 bits per heavy atom. The van der Waals surface area contributed by atoms with Crippen molar-refractivity contribution < 1.29 is 9.53 Å². The van der Waals surface area contributed by atoms with Crippen molar-refractivity contribution in [2.75, 3.05) is 6.61 Å². The molecule has 1 heterocycles. The van der Waals surface area contributed by atoms with E-state index in [1.54, 1.807) is 12.1 Å². The Kier molecular flexibility index (Phi) is 5.40. The molecule has 0 spiro atoms. The van der Waals surface area contributed by atoms with Crippen molar-refractivity contribution in [1.82, 2.24) is 5.32 Å². The fraction of sp³-hybridized carbons (Fsp3) is 0.150. The SMILES string of the molecule is Cc1cccc(C)c1N=C1NC(=O)/C(=C\c2ccccc2OCC#N)S1. The molecule has 0 atom stereocenters. The van der Waals surface area contributed by atoms with Crippen LogP contribution in [0.3, 0.4) is 0 Å². The Morgan fingerprint density at radius 3 is 2.65 bits per heavy atom. The van der Waals surface area contributed by atoms with Crippen LogP contribution in [0, 0.1) is 25.2 Å². The molecule has 5 nitrogen and oxygen atoms in total. The lowest BCUT2D eigenvalue weighted by Crippen LogP contribution is -2.19. The van der Waals surface area contributed by atoms with Crippen LogP contribution < -0.4 is 10.1 Å². The quantitative estimate of drug-likeness (QED) is 0.830. The Bertz CT molecular complexity index is 938. The van der Waals surface area contributed by atoms with E-state index in [2.05, 4.69) is 10.3 Å². The second kappa shape index (κ2) is 7.89. The van der Waals surface area contributed by atoms with Gasteiger partial charge in [-0.15, -0.1) is 0 Å². The van der Waals surface area contributed by atoms with E-state index >= 15 is 0 Å². The van der Waals surface area contributed by atoms with Crippen molar-refractivity contribution in [3.8, 4) is 11.8 Å². The fourth-order valence-electron chi connectivity index (χ4n) is 2.55. The molecule has 1 saturated heterocycles. The summed E-state index contributed by atoms with van der Waals surface area (Å²) >= 11 is 1.29. The Morgan fingerprint density at radius 2 is 1.92 bits per heavy atom. The number of hydrogen-bond acceptors (Lipinski definition) is 5. The number of amides is 1. The van der Waals surface area contributed by atoms with Gasteiger partial charge in [-0.1, -0.05) is 36.4 Å². The first kappa shape index (κ1) is 17.8. The molecule has 1 fully saturated rings. The van der Waals surface area contributed by atoms with E-state index in [0.29, 0.717) is 15.8 Å². The number of carbonyl (C=O) groups is 1. The van der Waals surface area contributed by atoms with Gasteiger partial charge in [0.25, 0.3) is 5.91 Å². The molecule has 6 heteroatoms. The maximum atomic E-state index is 12.3. The molecule has 0 aromatic heterocycles. The molecule has 1 N–H and O–H groups in total. The Balaban J connectivity index is 1.88. The number of amidine groups is 1. The summed E-state index contributed by atoms with van der Waals surface area (Å²) in [5.41, 5.74) is 3.73. The molecular weight excluding hydrogens is 346 g/mol. The summed E-state index contributed by atoms with van der Waals surface area (Å²) in [6.07, 6.45) is 1.75. The average molecular weight is 363 g/mol. The van der Waals surface area contributed by atoms with E-state index in [0.717, 1.165) is 22.4 Å². The van der Waals surface area contributed by atoms with Gasteiger partial charge in [0.2, 0.25) is 0 Å². The highest BCUT2D eigenvalue weighted by Crippen LogP contribution is 2.32. The highest BCUT2D eigenvalue weighted by atomic mass is 32.2. The van der Waals surface area contributed by atoms with Crippen molar-refractivity contribution in [2.45, 2.75) is 13.8 Å². The van der Waals surface area contributed by atoms with E-state index in [-0.39, 0.29) is 12.5 Å². The molecule has 1 amide bonds. The standard InChI is InChI=1S/C20H17N3O2S/c1-13-6-5-7-14(2)18(13)22-20-23-19(24)17(26-20)12-15-8-3-4-9-16(15)25-11-10-21/h3-9,12H,11H2,1-2H3,(H,22,23,24)/b17-12+. The number of carbonyl (C=O) groups excluding carboxylic acids is 1. The Labute approximate surface area is 156 Å². The van der Waals surface area contributed by atoms with Gasteiger partial charge < -0.3 is 10.1 Å². The van der Waals surface area contributed by atoms with Crippen LogP contribution in [0.2, 0.25) is 0 Å². The van der Waals surface area contributed by atoms with Gasteiger partial charge in [-0.05, 0) is 48.9 Å². The molecule has 1 aliphatic rings. The van der Waals surface area contributed by atoms with Crippen LogP contribution >= 0.6 is 11.8 Å². The van der Waals surface area contributed by atoms with Crippen LogP contribution in [0.4, 0.5) is 5.69 Å². The number of para-hydroxylation sites is 2. The summed E-state index contributed by atoms with van der Waals surface area (Å²) in [6, 6.07) is 15.2. The summed E-state index contributed by atoms with van der Waals surface area (Å²) < 4.78 is 5.41. The van der Waals surface area contributed by atoms with Gasteiger partial charge in [-0.3, -0.25) is 4.79 Å². The summed E-state index contributed by atoms with van der Waals surface area (Å²) in [5.74, 6) is 0.366. The minimum absolute atomic E-state index is 0.0429. The number of aryl methyl sites for hydroxylation is 2. The molecule has 0 saturated carbocycles.